The Morgan fingerprint density at radius 2 is 1.71 bits per heavy atom. The van der Waals surface area contributed by atoms with E-state index in [-0.39, 0.29) is 33.3 Å². The first-order valence-electron chi connectivity index (χ1n) is 14.0. The van der Waals surface area contributed by atoms with Crippen molar-refractivity contribution in [3.63, 3.8) is 0 Å². The van der Waals surface area contributed by atoms with Crippen LogP contribution in [0.5, 0.6) is 0 Å². The summed E-state index contributed by atoms with van der Waals surface area (Å²) in [5.74, 6) is 0.595. The van der Waals surface area contributed by atoms with Gasteiger partial charge in [0.05, 0.1) is 22.6 Å². The average molecular weight is 573 g/mol. The van der Waals surface area contributed by atoms with Crippen LogP contribution >= 0.6 is 11.6 Å². The lowest BCUT2D eigenvalue weighted by Gasteiger charge is -2.52. The van der Waals surface area contributed by atoms with E-state index in [0.717, 1.165) is 67.0 Å². The first-order valence-corrected chi connectivity index (χ1v) is 14.4. The molecular weight excluding hydrogens is 540 g/mol. The number of carbonyl (C=O) groups is 1. The highest BCUT2D eigenvalue weighted by Crippen LogP contribution is 2.57. The third kappa shape index (κ3) is 4.56. The number of aromatic nitrogens is 5. The molecule has 212 valence electrons. The van der Waals surface area contributed by atoms with Gasteiger partial charge in [-0.2, -0.15) is 0 Å². The summed E-state index contributed by atoms with van der Waals surface area (Å²) in [4.78, 5) is 44.3. The van der Waals surface area contributed by atoms with Gasteiger partial charge in [0.15, 0.2) is 5.69 Å². The predicted octanol–water partition coefficient (Wildman–Crippen LogP) is 5.80. The minimum atomic E-state index is -1.17. The molecule has 9 nitrogen and oxygen atoms in total. The molecule has 0 radical (unpaired) electrons. The molecule has 41 heavy (non-hydrogen) atoms. The van der Waals surface area contributed by atoms with Gasteiger partial charge in [-0.3, -0.25) is 9.36 Å². The van der Waals surface area contributed by atoms with Crippen LogP contribution in [0.1, 0.15) is 90.4 Å². The largest absolute Gasteiger partial charge is 0.476 e. The number of nitrogens with zero attached hydrogens (tertiary/aromatic N) is 5. The molecular formula is C31H33ClN6O3. The Labute approximate surface area is 243 Å². The molecule has 0 spiro atoms. The van der Waals surface area contributed by atoms with Gasteiger partial charge in [-0.05, 0) is 89.1 Å². The molecule has 4 aromatic rings. The fraction of sp³-hybridized carbons (Fsp3) is 0.419. The third-order valence-corrected chi connectivity index (χ3v) is 9.46. The van der Waals surface area contributed by atoms with Gasteiger partial charge >= 0.3 is 5.97 Å². The molecule has 1 aromatic carbocycles. The van der Waals surface area contributed by atoms with E-state index in [1.807, 2.05) is 52.2 Å². The number of anilines is 1. The smallest absolute Gasteiger partial charge is 0.356 e. The van der Waals surface area contributed by atoms with E-state index in [0.29, 0.717) is 16.6 Å². The Hall–Kier alpha value is -3.85. The molecule has 3 aliphatic carbocycles. The first-order chi connectivity index (χ1) is 19.5. The zero-order valence-electron chi connectivity index (χ0n) is 23.7. The van der Waals surface area contributed by atoms with Gasteiger partial charge in [-0.1, -0.05) is 17.7 Å². The number of halogens is 1. The van der Waals surface area contributed by atoms with Crippen molar-refractivity contribution < 1.29 is 9.90 Å². The lowest BCUT2D eigenvalue weighted by atomic mass is 9.53. The summed E-state index contributed by atoms with van der Waals surface area (Å²) in [5.41, 5.74) is 3.30. The van der Waals surface area contributed by atoms with Gasteiger partial charge in [-0.25, -0.2) is 24.7 Å². The van der Waals surface area contributed by atoms with Gasteiger partial charge < -0.3 is 10.4 Å². The van der Waals surface area contributed by atoms with E-state index in [2.05, 4.69) is 15.3 Å². The number of nitrogens with one attached hydrogen (secondary N) is 1. The van der Waals surface area contributed by atoms with Crippen LogP contribution in [-0.2, 0) is 17.9 Å². The Morgan fingerprint density at radius 3 is 2.37 bits per heavy atom. The molecule has 10 heteroatoms. The number of carboxylic acids is 1. The molecule has 0 unspecified atom stereocenters. The number of pyridine rings is 1. The molecule has 0 saturated heterocycles. The number of benzene rings is 1. The Kier molecular flexibility index (Phi) is 6.60. The second-order valence-corrected chi connectivity index (χ2v) is 12.2. The van der Waals surface area contributed by atoms with Crippen molar-refractivity contribution in [1.29, 1.82) is 0 Å². The van der Waals surface area contributed by atoms with E-state index in [1.165, 1.54) is 0 Å². The van der Waals surface area contributed by atoms with Crippen LogP contribution in [0, 0.1) is 13.8 Å². The van der Waals surface area contributed by atoms with Crippen LogP contribution in [0.15, 0.2) is 41.3 Å². The summed E-state index contributed by atoms with van der Waals surface area (Å²) in [6, 6.07) is 8.64. The summed E-state index contributed by atoms with van der Waals surface area (Å²) in [6.07, 6.45) is 7.51. The van der Waals surface area contributed by atoms with E-state index < -0.39 is 5.97 Å². The van der Waals surface area contributed by atoms with Crippen molar-refractivity contribution in [2.75, 3.05) is 5.32 Å². The lowest BCUT2D eigenvalue weighted by molar-refractivity contribution is 0.0691. The minimum Gasteiger partial charge on any atom is -0.476 e. The highest BCUT2D eigenvalue weighted by Gasteiger charge is 2.53. The van der Waals surface area contributed by atoms with Crippen molar-refractivity contribution in [3.8, 4) is 0 Å². The first kappa shape index (κ1) is 27.3. The van der Waals surface area contributed by atoms with E-state index >= 15 is 0 Å². The summed E-state index contributed by atoms with van der Waals surface area (Å²) in [5, 5.41) is 13.6. The molecule has 3 heterocycles. The number of hydrogen-bond acceptors (Lipinski definition) is 7. The molecule has 1 atom stereocenters. The van der Waals surface area contributed by atoms with Crippen LogP contribution in [0.3, 0.4) is 0 Å². The maximum atomic E-state index is 13.8. The lowest BCUT2D eigenvalue weighted by Crippen LogP contribution is -2.49. The fourth-order valence-corrected chi connectivity index (χ4v) is 7.09. The van der Waals surface area contributed by atoms with E-state index in [4.69, 9.17) is 21.6 Å². The molecule has 3 aromatic heterocycles. The molecule has 3 fully saturated rings. The van der Waals surface area contributed by atoms with E-state index in [9.17, 15) is 14.7 Å². The van der Waals surface area contributed by atoms with Crippen LogP contribution in [0.4, 0.5) is 5.69 Å². The van der Waals surface area contributed by atoms with Crippen molar-refractivity contribution in [3.05, 3.63) is 86.2 Å². The monoisotopic (exact) mass is 572 g/mol. The molecule has 3 saturated carbocycles. The second-order valence-electron chi connectivity index (χ2n) is 11.8. The summed E-state index contributed by atoms with van der Waals surface area (Å²) in [6.45, 7) is 5.89. The fourth-order valence-electron chi connectivity index (χ4n) is 6.94. The minimum absolute atomic E-state index is 0.0152. The van der Waals surface area contributed by atoms with Gasteiger partial charge in [-0.15, -0.1) is 0 Å². The summed E-state index contributed by atoms with van der Waals surface area (Å²) in [7, 11) is 1.83. The van der Waals surface area contributed by atoms with Gasteiger partial charge in [0.1, 0.15) is 16.8 Å². The number of rotatable bonds is 6. The topological polar surface area (TPSA) is 123 Å². The maximum Gasteiger partial charge on any atom is 0.356 e. The van der Waals surface area contributed by atoms with Crippen LogP contribution in [0.25, 0.3) is 10.9 Å². The van der Waals surface area contributed by atoms with Crippen molar-refractivity contribution in [2.45, 2.75) is 76.2 Å². The van der Waals surface area contributed by atoms with Crippen LogP contribution in [-0.4, -0.2) is 35.6 Å². The summed E-state index contributed by atoms with van der Waals surface area (Å²) < 4.78 is 1.75. The van der Waals surface area contributed by atoms with Gasteiger partial charge in [0.2, 0.25) is 0 Å². The number of aromatic carboxylic acids is 1. The molecule has 3 aliphatic rings. The zero-order valence-corrected chi connectivity index (χ0v) is 24.4. The van der Waals surface area contributed by atoms with Gasteiger partial charge in [0.25, 0.3) is 5.56 Å². The maximum absolute atomic E-state index is 13.8. The molecule has 2 bridgehead atoms. The second kappa shape index (κ2) is 9.91. The van der Waals surface area contributed by atoms with Crippen molar-refractivity contribution >= 4 is 34.2 Å². The average Bonchev–Trinajstić information content (AvgIpc) is 2.96. The molecule has 2 N–H and O–H groups in total. The van der Waals surface area contributed by atoms with Crippen LogP contribution < -0.4 is 10.9 Å². The van der Waals surface area contributed by atoms with Crippen molar-refractivity contribution in [2.24, 2.45) is 7.05 Å². The van der Waals surface area contributed by atoms with Crippen LogP contribution in [0.2, 0.25) is 5.15 Å². The standard InChI is InChI=1S/C31H33ClN6O3/c1-17-15-20(19(3)35-22-5-6-23(32)36-25(22)27(40)41)24-21(16-17)26(39)38(4)29(37-24)31-11-8-30(9-12-31,10-13-31)28-33-14-7-18(2)34-28/h5-7,14-16,19,35H,8-13H2,1-4H3,(H,40,41)/t19-,30?,31?/m1/s1. The highest BCUT2D eigenvalue weighted by atomic mass is 35.5. The number of hydrogen-bond donors (Lipinski definition) is 2. The molecule has 0 amide bonds. The summed E-state index contributed by atoms with van der Waals surface area (Å²) >= 11 is 5.96. The number of fused-ring (bicyclic) bond motifs is 4. The quantitative estimate of drug-likeness (QED) is 0.278. The zero-order chi connectivity index (χ0) is 29.1. The predicted molar refractivity (Wildman–Crippen MR) is 158 cm³/mol. The normalized spacial score (nSPS) is 22.6. The van der Waals surface area contributed by atoms with Gasteiger partial charge in [0, 0.05) is 35.3 Å². The number of carboxylic acid groups (broad SMARTS) is 1. The Balaban J connectivity index is 1.40. The third-order valence-electron chi connectivity index (χ3n) is 9.25. The number of aryl methyl sites for hydroxylation is 2. The molecule has 0 aliphatic heterocycles. The SMILES string of the molecule is Cc1cc([C@@H](C)Nc2ccc(Cl)nc2C(=O)O)c2nc(C34CCC(c5nccc(C)n5)(CC3)CC4)n(C)c(=O)c2c1. The molecule has 7 rings (SSSR count). The van der Waals surface area contributed by atoms with E-state index in [1.54, 1.807) is 16.7 Å². The highest BCUT2D eigenvalue weighted by molar-refractivity contribution is 6.29. The Morgan fingerprint density at radius 1 is 1.02 bits per heavy atom. The van der Waals surface area contributed by atoms with Crippen molar-refractivity contribution in [1.82, 2.24) is 24.5 Å². The Bertz CT molecular complexity index is 1740.